The summed E-state index contributed by atoms with van der Waals surface area (Å²) in [5.41, 5.74) is -0.629. The number of hydrogen-bond acceptors (Lipinski definition) is 5. The van der Waals surface area contributed by atoms with Crippen LogP contribution < -0.4 is 0 Å². The lowest BCUT2D eigenvalue weighted by Crippen LogP contribution is -2.25. The zero-order valence-electron chi connectivity index (χ0n) is 9.42. The summed E-state index contributed by atoms with van der Waals surface area (Å²) in [6, 6.07) is 0. The van der Waals surface area contributed by atoms with E-state index in [1.807, 2.05) is 19.0 Å². The maximum absolute atomic E-state index is 11.1. The van der Waals surface area contributed by atoms with Crippen molar-refractivity contribution in [2.75, 3.05) is 14.1 Å². The van der Waals surface area contributed by atoms with Crippen molar-refractivity contribution in [1.82, 2.24) is 25.1 Å². The molecule has 1 heterocycles. The van der Waals surface area contributed by atoms with Crippen LogP contribution in [-0.4, -0.2) is 50.3 Å². The highest BCUT2D eigenvalue weighted by Gasteiger charge is 2.51. The summed E-state index contributed by atoms with van der Waals surface area (Å²) in [5, 5.41) is 20.4. The highest BCUT2D eigenvalue weighted by molar-refractivity contribution is 5.77. The molecule has 0 radical (unpaired) electrons. The summed E-state index contributed by atoms with van der Waals surface area (Å²) < 4.78 is 1.60. The lowest BCUT2D eigenvalue weighted by atomic mass is 10.1. The third kappa shape index (κ3) is 2.04. The van der Waals surface area contributed by atoms with E-state index < -0.39 is 11.4 Å². The maximum Gasteiger partial charge on any atom is 0.311 e. The van der Waals surface area contributed by atoms with Gasteiger partial charge in [0.2, 0.25) is 0 Å². The third-order valence-electron chi connectivity index (χ3n) is 2.82. The molecule has 7 heteroatoms. The highest BCUT2D eigenvalue weighted by Crippen LogP contribution is 2.47. The molecule has 0 aromatic carbocycles. The number of carbonyl (C=O) groups is 1. The molecule has 0 bridgehead atoms. The Bertz CT molecular complexity index is 396. The van der Waals surface area contributed by atoms with Crippen LogP contribution in [0.4, 0.5) is 0 Å². The van der Waals surface area contributed by atoms with E-state index >= 15 is 0 Å². The summed E-state index contributed by atoms with van der Waals surface area (Å²) in [5.74, 6) is -0.0451. The Hall–Kier alpha value is -1.50. The smallest absolute Gasteiger partial charge is 0.311 e. The molecule has 0 atom stereocenters. The Morgan fingerprint density at radius 2 is 2.25 bits per heavy atom. The van der Waals surface area contributed by atoms with Gasteiger partial charge in [-0.2, -0.15) is 0 Å². The van der Waals surface area contributed by atoms with Gasteiger partial charge >= 0.3 is 5.97 Å². The van der Waals surface area contributed by atoms with Crippen LogP contribution in [0.5, 0.6) is 0 Å². The van der Waals surface area contributed by atoms with E-state index in [0.717, 1.165) is 0 Å². The molecule has 88 valence electrons. The first-order valence-electron chi connectivity index (χ1n) is 5.17. The van der Waals surface area contributed by atoms with Gasteiger partial charge in [0.05, 0.1) is 18.5 Å². The van der Waals surface area contributed by atoms with Crippen LogP contribution in [0.3, 0.4) is 0 Å². The van der Waals surface area contributed by atoms with Crippen LogP contribution in [0.15, 0.2) is 0 Å². The minimum atomic E-state index is -0.751. The van der Waals surface area contributed by atoms with Gasteiger partial charge in [0, 0.05) is 0 Å². The van der Waals surface area contributed by atoms with Crippen molar-refractivity contribution < 1.29 is 9.90 Å². The second-order valence-electron chi connectivity index (χ2n) is 4.58. The first-order chi connectivity index (χ1) is 7.53. The standard InChI is InChI=1S/C9H15N5O2/c1-13(2)5-7-10-11-12-14(7)6-9(3-4-9)8(15)16/h3-6H2,1-2H3,(H,15,16). The largest absolute Gasteiger partial charge is 0.481 e. The molecule has 0 aliphatic heterocycles. The number of aliphatic carboxylic acids is 1. The first-order valence-corrected chi connectivity index (χ1v) is 5.17. The van der Waals surface area contributed by atoms with Gasteiger partial charge in [-0.1, -0.05) is 0 Å². The summed E-state index contributed by atoms with van der Waals surface area (Å²) in [6.07, 6.45) is 1.42. The zero-order valence-corrected chi connectivity index (χ0v) is 9.42. The van der Waals surface area contributed by atoms with E-state index in [0.29, 0.717) is 31.8 Å². The Morgan fingerprint density at radius 1 is 1.56 bits per heavy atom. The molecule has 0 spiro atoms. The van der Waals surface area contributed by atoms with Gasteiger partial charge in [0.25, 0.3) is 0 Å². The second-order valence-corrected chi connectivity index (χ2v) is 4.58. The number of rotatable bonds is 5. The van der Waals surface area contributed by atoms with Crippen molar-refractivity contribution >= 4 is 5.97 Å². The van der Waals surface area contributed by atoms with Crippen LogP contribution in [-0.2, 0) is 17.9 Å². The van der Waals surface area contributed by atoms with Gasteiger partial charge in [-0.05, 0) is 37.4 Å². The Labute approximate surface area is 93.0 Å². The Kier molecular flexibility index (Phi) is 2.63. The summed E-state index contributed by atoms with van der Waals surface area (Å²) >= 11 is 0. The van der Waals surface area contributed by atoms with Crippen molar-refractivity contribution in [1.29, 1.82) is 0 Å². The van der Waals surface area contributed by atoms with Crippen molar-refractivity contribution in [3.63, 3.8) is 0 Å². The van der Waals surface area contributed by atoms with Gasteiger partial charge in [-0.25, -0.2) is 4.68 Å². The minimum Gasteiger partial charge on any atom is -0.481 e. The monoisotopic (exact) mass is 225 g/mol. The van der Waals surface area contributed by atoms with Crippen molar-refractivity contribution in [2.24, 2.45) is 5.41 Å². The fourth-order valence-electron chi connectivity index (χ4n) is 1.62. The molecule has 1 aromatic rings. The molecule has 1 aliphatic carbocycles. The van der Waals surface area contributed by atoms with Gasteiger partial charge in [0.1, 0.15) is 0 Å². The molecule has 1 aromatic heterocycles. The summed E-state index contributed by atoms with van der Waals surface area (Å²) in [6.45, 7) is 0.987. The van der Waals surface area contributed by atoms with Crippen LogP contribution in [0.25, 0.3) is 0 Å². The number of aromatic nitrogens is 4. The molecule has 16 heavy (non-hydrogen) atoms. The topological polar surface area (TPSA) is 84.1 Å². The van der Waals surface area contributed by atoms with E-state index in [1.54, 1.807) is 4.68 Å². The normalized spacial score (nSPS) is 17.7. The zero-order chi connectivity index (χ0) is 11.8. The van der Waals surface area contributed by atoms with Gasteiger partial charge in [-0.15, -0.1) is 5.10 Å². The van der Waals surface area contributed by atoms with Crippen LogP contribution >= 0.6 is 0 Å². The van der Waals surface area contributed by atoms with E-state index in [1.165, 1.54) is 0 Å². The molecule has 1 aliphatic rings. The molecule has 0 unspecified atom stereocenters. The Balaban J connectivity index is 2.10. The van der Waals surface area contributed by atoms with Gasteiger partial charge in [-0.3, -0.25) is 4.79 Å². The third-order valence-corrected chi connectivity index (χ3v) is 2.82. The predicted octanol–water partition coefficient (Wildman–Crippen LogP) is -0.400. The summed E-state index contributed by atoms with van der Waals surface area (Å²) in [7, 11) is 3.84. The van der Waals surface area contributed by atoms with E-state index in [2.05, 4.69) is 15.5 Å². The molecule has 7 nitrogen and oxygen atoms in total. The molecule has 0 saturated heterocycles. The van der Waals surface area contributed by atoms with Gasteiger partial charge in [0.15, 0.2) is 5.82 Å². The lowest BCUT2D eigenvalue weighted by Gasteiger charge is -2.12. The summed E-state index contributed by atoms with van der Waals surface area (Å²) in [4.78, 5) is 13.0. The first kappa shape index (κ1) is 11.0. The molecular weight excluding hydrogens is 210 g/mol. The predicted molar refractivity (Wildman–Crippen MR) is 54.5 cm³/mol. The number of carboxylic acids is 1. The average molecular weight is 225 g/mol. The van der Waals surface area contributed by atoms with Crippen molar-refractivity contribution in [3.05, 3.63) is 5.82 Å². The van der Waals surface area contributed by atoms with Crippen LogP contribution in [0.2, 0.25) is 0 Å². The molecule has 1 saturated carbocycles. The molecule has 1 fully saturated rings. The quantitative estimate of drug-likeness (QED) is 0.734. The molecular formula is C9H15N5O2. The maximum atomic E-state index is 11.1. The molecule has 2 rings (SSSR count). The van der Waals surface area contributed by atoms with Gasteiger partial charge < -0.3 is 10.0 Å². The van der Waals surface area contributed by atoms with E-state index in [9.17, 15) is 4.79 Å². The number of carboxylic acid groups (broad SMARTS) is 1. The van der Waals surface area contributed by atoms with E-state index in [4.69, 9.17) is 5.11 Å². The fraction of sp³-hybridized carbons (Fsp3) is 0.778. The number of tetrazole rings is 1. The Morgan fingerprint density at radius 3 is 2.75 bits per heavy atom. The highest BCUT2D eigenvalue weighted by atomic mass is 16.4. The molecule has 0 amide bonds. The van der Waals surface area contributed by atoms with Crippen LogP contribution in [0.1, 0.15) is 18.7 Å². The lowest BCUT2D eigenvalue weighted by molar-refractivity contribution is -0.144. The second kappa shape index (κ2) is 3.82. The number of hydrogen-bond donors (Lipinski definition) is 1. The van der Waals surface area contributed by atoms with Crippen molar-refractivity contribution in [3.8, 4) is 0 Å². The molecule has 1 N–H and O–H groups in total. The fourth-order valence-corrected chi connectivity index (χ4v) is 1.62. The SMILES string of the molecule is CN(C)Cc1nnnn1CC1(C(=O)O)CC1. The van der Waals surface area contributed by atoms with E-state index in [-0.39, 0.29) is 0 Å². The average Bonchev–Trinajstić information content (AvgIpc) is 2.85. The number of nitrogens with zero attached hydrogens (tertiary/aromatic N) is 5. The minimum absolute atomic E-state index is 0.374. The van der Waals surface area contributed by atoms with Crippen LogP contribution in [0, 0.1) is 5.41 Å². The van der Waals surface area contributed by atoms with Crippen molar-refractivity contribution in [2.45, 2.75) is 25.9 Å².